The van der Waals surface area contributed by atoms with Gasteiger partial charge in [-0.2, -0.15) is 10.2 Å². The van der Waals surface area contributed by atoms with E-state index in [9.17, 15) is 39.2 Å². The Morgan fingerprint density at radius 3 is 1.15 bits per heavy atom. The number of aryl methyl sites for hydroxylation is 3. The van der Waals surface area contributed by atoms with Crippen LogP contribution in [0.4, 0.5) is 24.7 Å². The van der Waals surface area contributed by atoms with Crippen molar-refractivity contribution < 1.29 is 48.0 Å². The lowest BCUT2D eigenvalue weighted by molar-refractivity contribution is 0.0976. The fourth-order valence-electron chi connectivity index (χ4n) is 15.0. The van der Waals surface area contributed by atoms with Crippen LogP contribution in [0, 0.1) is 56.0 Å². The van der Waals surface area contributed by atoms with Crippen molar-refractivity contribution in [2.75, 3.05) is 30.2 Å². The predicted octanol–water partition coefficient (Wildman–Crippen LogP) is 14.4. The standard InChI is InChI=1S/C34H34FN5O3S.C33H33FN6O3S.C18H22FN3O2S.ClH/c1-22-18-32(40(38-22)29-8-6-25-11-17-37-23(2)30(25)21-29)33(41)20-26-19-28(7-9-31(26)35)34(39-44(3,42)43,14-10-24-4-5-24)27-12-15-36-16-13-27;1-21-17-30(40(38-21)27-7-5-23-10-16-37-32(35)28(23)20-27)31(41)19-24-18-26(6-8-29(24)34)33(39-44(2,42)43,13-9-22-3-4-22)25-11-14-36-15-12-25;1-25(23,24)22-18(9-6-13-2-3-13,14-7-10-21-11-8-14)15-4-5-16(19)17(20)12-15;/h6-9,11-13,15-19,21,24,39H,4-5,10,14,20H2,1-3H3;5-8,10-12,14-18,20,22,39H,3-4,9,13,19H2,1-2H3,(H2,35,37);4-5,7-8,10-13,22H,2-3,6,9,20H2,1H3;1H. The number of fused-ring (bicyclic) bond motifs is 2. The van der Waals surface area contributed by atoms with Gasteiger partial charge in [-0.15, -0.1) is 12.4 Å². The first kappa shape index (κ1) is 83.0. The Balaban J connectivity index is 0.000000164. The molecule has 0 radical (unpaired) electrons. The average Bonchev–Trinajstić information content (AvgIpc) is 1.24. The maximum Gasteiger partial charge on any atom is 0.209 e. The molecule has 12 aromatic rings. The number of halogens is 4. The molecule has 0 amide bonds. The molecule has 594 valence electrons. The molecule has 0 saturated heterocycles. The second-order valence-electron chi connectivity index (χ2n) is 30.1. The van der Waals surface area contributed by atoms with Crippen LogP contribution in [0.5, 0.6) is 0 Å². The van der Waals surface area contributed by atoms with Gasteiger partial charge in [0.05, 0.1) is 63.8 Å². The third-order valence-corrected chi connectivity index (χ3v) is 23.4. The molecule has 7 N–H and O–H groups in total. The summed E-state index contributed by atoms with van der Waals surface area (Å²) in [6.45, 7) is 5.52. The topological polar surface area (TPSA) is 325 Å². The van der Waals surface area contributed by atoms with Crippen LogP contribution in [0.3, 0.4) is 0 Å². The Hall–Kier alpha value is -10.5. The smallest absolute Gasteiger partial charge is 0.209 e. The molecule has 5 aromatic carbocycles. The summed E-state index contributed by atoms with van der Waals surface area (Å²) < 4.78 is 132. The molecule has 7 aromatic heterocycles. The fraction of sp³-hybridized carbons (Fsp3) is 0.306. The van der Waals surface area contributed by atoms with Gasteiger partial charge in [0.2, 0.25) is 30.1 Å². The summed E-state index contributed by atoms with van der Waals surface area (Å²) in [5.74, 6) is -0.253. The molecule has 29 heteroatoms. The van der Waals surface area contributed by atoms with Gasteiger partial charge in [0.25, 0.3) is 0 Å². The third kappa shape index (κ3) is 19.8. The molecular formula is C85H90ClF3N14O8S3. The van der Waals surface area contributed by atoms with Gasteiger partial charge in [0.15, 0.2) is 11.6 Å². The highest BCUT2D eigenvalue weighted by atomic mass is 35.5. The van der Waals surface area contributed by atoms with Crippen LogP contribution in [0.2, 0.25) is 0 Å². The summed E-state index contributed by atoms with van der Waals surface area (Å²) in [5, 5.41) is 12.7. The first-order valence-electron chi connectivity index (χ1n) is 37.4. The van der Waals surface area contributed by atoms with Crippen molar-refractivity contribution in [1.29, 1.82) is 0 Å². The molecule has 22 nitrogen and oxygen atoms in total. The van der Waals surface area contributed by atoms with Gasteiger partial charge in [-0.1, -0.05) is 81.0 Å². The highest BCUT2D eigenvalue weighted by Gasteiger charge is 2.43. The van der Waals surface area contributed by atoms with Gasteiger partial charge in [0.1, 0.15) is 34.7 Å². The number of nitrogens with one attached hydrogen (secondary N) is 3. The lowest BCUT2D eigenvalue weighted by Gasteiger charge is -2.36. The van der Waals surface area contributed by atoms with Crippen LogP contribution in [0.1, 0.15) is 160 Å². The average molecular weight is 1620 g/mol. The third-order valence-electron chi connectivity index (χ3n) is 21.2. The Kier molecular flexibility index (Phi) is 25.0. The van der Waals surface area contributed by atoms with E-state index in [0.717, 1.165) is 109 Å². The van der Waals surface area contributed by atoms with E-state index in [0.29, 0.717) is 99.1 Å². The zero-order chi connectivity index (χ0) is 80.2. The minimum Gasteiger partial charge on any atom is -0.396 e. The quantitative estimate of drug-likeness (QED) is 0.0215. The molecule has 114 heavy (non-hydrogen) atoms. The highest BCUT2D eigenvalue weighted by Crippen LogP contribution is 2.46. The first-order valence-corrected chi connectivity index (χ1v) is 43.0. The number of nitrogen functional groups attached to an aromatic ring is 2. The number of pyridine rings is 5. The molecule has 3 aliphatic carbocycles. The first-order chi connectivity index (χ1) is 53.8. The minimum absolute atomic E-state index is 0. The van der Waals surface area contributed by atoms with E-state index in [1.54, 1.807) is 140 Å². The molecule has 3 atom stereocenters. The van der Waals surface area contributed by atoms with Crippen LogP contribution in [0.15, 0.2) is 201 Å². The molecule has 3 saturated carbocycles. The van der Waals surface area contributed by atoms with Crippen molar-refractivity contribution >= 4 is 87.1 Å². The largest absolute Gasteiger partial charge is 0.396 e. The van der Waals surface area contributed by atoms with Crippen LogP contribution in [-0.2, 0) is 59.5 Å². The number of anilines is 2. The van der Waals surface area contributed by atoms with Crippen molar-refractivity contribution in [3.63, 3.8) is 0 Å². The fourth-order valence-corrected chi connectivity index (χ4v) is 17.9. The monoisotopic (exact) mass is 1620 g/mol. The van der Waals surface area contributed by atoms with Gasteiger partial charge < -0.3 is 11.5 Å². The van der Waals surface area contributed by atoms with Crippen LogP contribution in [-0.4, -0.2) is 100 Å². The number of ketones is 2. The van der Waals surface area contributed by atoms with Crippen molar-refractivity contribution in [2.24, 2.45) is 17.8 Å². The predicted molar refractivity (Wildman–Crippen MR) is 438 cm³/mol. The van der Waals surface area contributed by atoms with Crippen molar-refractivity contribution in [3.8, 4) is 11.4 Å². The van der Waals surface area contributed by atoms with E-state index in [1.165, 1.54) is 28.9 Å². The normalized spacial score (nSPS) is 15.3. The Morgan fingerprint density at radius 1 is 0.430 bits per heavy atom. The second-order valence-corrected chi connectivity index (χ2v) is 35.4. The van der Waals surface area contributed by atoms with E-state index in [-0.39, 0.29) is 59.3 Å². The molecule has 3 fully saturated rings. The van der Waals surface area contributed by atoms with Gasteiger partial charge in [-0.05, 0) is 242 Å². The zero-order valence-corrected chi connectivity index (χ0v) is 67.2. The highest BCUT2D eigenvalue weighted by molar-refractivity contribution is 7.89. The Morgan fingerprint density at radius 2 is 0.781 bits per heavy atom. The van der Waals surface area contributed by atoms with Gasteiger partial charge in [-0.3, -0.25) is 29.5 Å². The van der Waals surface area contributed by atoms with Crippen molar-refractivity contribution in [2.45, 2.75) is 127 Å². The molecule has 3 aliphatic rings. The SMILES string of the molecule is CS(=O)(=O)NC(CCC1CC1)(c1ccncc1)c1ccc(F)c(N)c1.Cc1cc(C(=O)Cc2cc(C(CCC3CC3)(NS(C)(=O)=O)c3ccncc3)ccc2F)n(-c2ccc3ccnc(C)c3c2)n1.Cc1cc(C(=O)Cc2cc(C(CCC3CC3)(NS(C)(=O)=O)c3ccncc3)ccc2F)n(-c2ccc3ccnc(N)c3c2)n1.Cl. The van der Waals surface area contributed by atoms with E-state index in [4.69, 9.17) is 11.5 Å². The summed E-state index contributed by atoms with van der Waals surface area (Å²) >= 11 is 0. The number of nitrogens with zero attached hydrogens (tertiary/aromatic N) is 9. The summed E-state index contributed by atoms with van der Waals surface area (Å²) in [6.07, 6.45) is 26.7. The summed E-state index contributed by atoms with van der Waals surface area (Å²) in [5.41, 5.74) is 16.9. The number of Topliss-reactive ketones (excluding diaryl/α,β-unsaturated/α-hetero) is 2. The van der Waals surface area contributed by atoms with Crippen LogP contribution in [0.25, 0.3) is 32.9 Å². The summed E-state index contributed by atoms with van der Waals surface area (Å²) in [7, 11) is -10.9. The lowest BCUT2D eigenvalue weighted by Crippen LogP contribution is -2.46. The number of benzene rings is 5. The molecule has 7 heterocycles. The maximum absolute atomic E-state index is 15.4. The number of hydrogen-bond acceptors (Lipinski definition) is 17. The zero-order valence-electron chi connectivity index (χ0n) is 63.9. The Labute approximate surface area is 667 Å². The number of carbonyl (C=O) groups excluding carboxylic acids is 2. The number of aromatic nitrogens is 9. The summed E-state index contributed by atoms with van der Waals surface area (Å²) in [4.78, 5) is 48.4. The molecular weight excluding hydrogens is 1530 g/mol. The molecule has 0 bridgehead atoms. The van der Waals surface area contributed by atoms with Gasteiger partial charge in [0, 0.05) is 78.9 Å². The lowest BCUT2D eigenvalue weighted by atomic mass is 9.79. The van der Waals surface area contributed by atoms with Gasteiger partial charge >= 0.3 is 0 Å². The second kappa shape index (κ2) is 34.3. The number of sulfonamides is 3. The Bertz CT molecular complexity index is 5620. The molecule has 3 unspecified atom stereocenters. The number of carbonyl (C=O) groups is 2. The van der Waals surface area contributed by atoms with Crippen molar-refractivity contribution in [1.82, 2.24) is 58.6 Å². The van der Waals surface area contributed by atoms with E-state index in [1.807, 2.05) is 62.4 Å². The number of rotatable bonds is 29. The van der Waals surface area contributed by atoms with E-state index < -0.39 is 64.1 Å². The molecule has 0 spiro atoms. The minimum atomic E-state index is -3.70. The maximum atomic E-state index is 15.4. The van der Waals surface area contributed by atoms with Crippen molar-refractivity contribution in [3.05, 3.63) is 292 Å². The van der Waals surface area contributed by atoms with E-state index >= 15 is 8.78 Å². The number of hydrogen-bond donors (Lipinski definition) is 5. The van der Waals surface area contributed by atoms with Crippen LogP contribution >= 0.6 is 12.4 Å². The molecule has 0 aliphatic heterocycles. The molecule has 15 rings (SSSR count). The van der Waals surface area contributed by atoms with E-state index in [2.05, 4.69) is 49.3 Å². The van der Waals surface area contributed by atoms with Gasteiger partial charge in [-0.25, -0.2) is 66.9 Å². The number of nitrogens with two attached hydrogens (primary N) is 2. The van der Waals surface area contributed by atoms with Crippen LogP contribution < -0.4 is 25.6 Å². The summed E-state index contributed by atoms with van der Waals surface area (Å²) in [6, 6.07) is 42.6.